The summed E-state index contributed by atoms with van der Waals surface area (Å²) in [5, 5.41) is 0. The van der Waals surface area contributed by atoms with Crippen LogP contribution in [0.2, 0.25) is 0 Å². The number of hydrogen-bond acceptors (Lipinski definition) is 1. The molecule has 2 rings (SSSR count). The highest BCUT2D eigenvalue weighted by atomic mass is 15.1. The molecule has 0 radical (unpaired) electrons. The minimum atomic E-state index is 0.478. The van der Waals surface area contributed by atoms with E-state index in [9.17, 15) is 0 Å². The molecule has 1 aliphatic rings. The molecule has 0 saturated heterocycles. The van der Waals surface area contributed by atoms with E-state index in [1.54, 1.807) is 5.56 Å². The molecule has 0 bridgehead atoms. The molecule has 0 amide bonds. The lowest BCUT2D eigenvalue weighted by atomic mass is 9.76. The zero-order chi connectivity index (χ0) is 11.6. The molecule has 0 aliphatic heterocycles. The van der Waals surface area contributed by atoms with Gasteiger partial charge in [-0.05, 0) is 42.4 Å². The van der Waals surface area contributed by atoms with Gasteiger partial charge in [0.25, 0.3) is 0 Å². The highest BCUT2D eigenvalue weighted by molar-refractivity contribution is 5.49. The second-order valence-corrected chi connectivity index (χ2v) is 5.29. The van der Waals surface area contributed by atoms with E-state index in [0.717, 1.165) is 0 Å². The fourth-order valence-corrected chi connectivity index (χ4v) is 3.01. The van der Waals surface area contributed by atoms with Crippen LogP contribution in [0.1, 0.15) is 44.6 Å². The largest absolute Gasteiger partial charge is 0.378 e. The van der Waals surface area contributed by atoms with Crippen LogP contribution in [0, 0.1) is 0 Å². The molecule has 0 heterocycles. The lowest BCUT2D eigenvalue weighted by Crippen LogP contribution is -2.21. The van der Waals surface area contributed by atoms with E-state index in [-0.39, 0.29) is 0 Å². The fourth-order valence-electron chi connectivity index (χ4n) is 3.01. The van der Waals surface area contributed by atoms with Crippen molar-refractivity contribution in [1.29, 1.82) is 0 Å². The van der Waals surface area contributed by atoms with E-state index in [1.165, 1.54) is 37.8 Å². The number of rotatable bonds is 3. The van der Waals surface area contributed by atoms with Gasteiger partial charge in [0.2, 0.25) is 0 Å². The predicted molar refractivity (Wildman–Crippen MR) is 71.2 cm³/mol. The smallest absolute Gasteiger partial charge is 0.0363 e. The Hall–Kier alpha value is -0.980. The molecule has 1 aliphatic carbocycles. The van der Waals surface area contributed by atoms with E-state index < -0.39 is 0 Å². The Balaban J connectivity index is 2.35. The average Bonchev–Trinajstić information content (AvgIpc) is 2.79. The summed E-state index contributed by atoms with van der Waals surface area (Å²) >= 11 is 0. The van der Waals surface area contributed by atoms with Gasteiger partial charge in [0.1, 0.15) is 0 Å². The molecule has 1 aromatic rings. The number of benzene rings is 1. The van der Waals surface area contributed by atoms with Crippen LogP contribution in [0.25, 0.3) is 0 Å². The normalized spacial score (nSPS) is 18.7. The molecule has 0 spiro atoms. The Morgan fingerprint density at radius 1 is 1.19 bits per heavy atom. The predicted octanol–water partition coefficient (Wildman–Crippen LogP) is 3.97. The fraction of sp³-hybridized carbons (Fsp3) is 0.600. The molecule has 1 aromatic carbocycles. The monoisotopic (exact) mass is 217 g/mol. The first kappa shape index (κ1) is 11.5. The van der Waals surface area contributed by atoms with Crippen molar-refractivity contribution in [1.82, 2.24) is 0 Å². The maximum Gasteiger partial charge on any atom is 0.0363 e. The zero-order valence-corrected chi connectivity index (χ0v) is 10.8. The number of anilines is 1. The van der Waals surface area contributed by atoms with Crippen LogP contribution < -0.4 is 4.90 Å². The highest BCUT2D eigenvalue weighted by Crippen LogP contribution is 2.44. The van der Waals surface area contributed by atoms with Crippen LogP contribution >= 0.6 is 0 Å². The topological polar surface area (TPSA) is 3.24 Å². The molecular weight excluding hydrogens is 194 g/mol. The number of nitrogens with zero attached hydrogens (tertiary/aromatic N) is 1. The summed E-state index contributed by atoms with van der Waals surface area (Å²) < 4.78 is 0. The third-order valence-corrected chi connectivity index (χ3v) is 4.21. The lowest BCUT2D eigenvalue weighted by Gasteiger charge is -2.29. The second kappa shape index (κ2) is 4.48. The standard InChI is InChI=1S/C15H23N/c1-4-15(10-5-6-11-15)13-8-7-9-14(12-13)16(2)3/h7-9,12H,4-6,10-11H2,1-3H3. The molecule has 88 valence electrons. The molecule has 0 aromatic heterocycles. The van der Waals surface area contributed by atoms with Crippen LogP contribution in [-0.4, -0.2) is 14.1 Å². The van der Waals surface area contributed by atoms with Crippen molar-refractivity contribution < 1.29 is 0 Å². The third-order valence-electron chi connectivity index (χ3n) is 4.21. The summed E-state index contributed by atoms with van der Waals surface area (Å²) in [5.74, 6) is 0. The van der Waals surface area contributed by atoms with Gasteiger partial charge in [0, 0.05) is 19.8 Å². The van der Waals surface area contributed by atoms with Crippen molar-refractivity contribution in [3.63, 3.8) is 0 Å². The minimum Gasteiger partial charge on any atom is -0.378 e. The highest BCUT2D eigenvalue weighted by Gasteiger charge is 2.33. The number of hydrogen-bond donors (Lipinski definition) is 0. The third kappa shape index (κ3) is 1.95. The molecular formula is C15H23N. The van der Waals surface area contributed by atoms with E-state index in [1.807, 2.05) is 0 Å². The SMILES string of the molecule is CCC1(c2cccc(N(C)C)c2)CCCC1. The summed E-state index contributed by atoms with van der Waals surface area (Å²) in [6.45, 7) is 2.34. The van der Waals surface area contributed by atoms with E-state index in [2.05, 4.69) is 50.2 Å². The van der Waals surface area contributed by atoms with Crippen molar-refractivity contribution >= 4 is 5.69 Å². The van der Waals surface area contributed by atoms with E-state index in [4.69, 9.17) is 0 Å². The maximum absolute atomic E-state index is 2.38. The van der Waals surface area contributed by atoms with Gasteiger partial charge in [-0.15, -0.1) is 0 Å². The van der Waals surface area contributed by atoms with Crippen LogP contribution in [0.3, 0.4) is 0 Å². The summed E-state index contributed by atoms with van der Waals surface area (Å²) in [6.07, 6.45) is 6.84. The first-order valence-corrected chi connectivity index (χ1v) is 6.46. The Labute approximate surface area is 99.5 Å². The molecule has 0 unspecified atom stereocenters. The zero-order valence-electron chi connectivity index (χ0n) is 10.8. The minimum absolute atomic E-state index is 0.478. The average molecular weight is 217 g/mol. The van der Waals surface area contributed by atoms with Gasteiger partial charge < -0.3 is 4.90 Å². The van der Waals surface area contributed by atoms with Crippen molar-refractivity contribution in [3.05, 3.63) is 29.8 Å². The summed E-state index contributed by atoms with van der Waals surface area (Å²) in [4.78, 5) is 2.20. The Morgan fingerprint density at radius 2 is 1.88 bits per heavy atom. The first-order chi connectivity index (χ1) is 7.68. The van der Waals surface area contributed by atoms with Crippen LogP contribution in [0.5, 0.6) is 0 Å². The van der Waals surface area contributed by atoms with Gasteiger partial charge in [-0.3, -0.25) is 0 Å². The second-order valence-electron chi connectivity index (χ2n) is 5.29. The van der Waals surface area contributed by atoms with Crippen LogP contribution in [0.15, 0.2) is 24.3 Å². The first-order valence-electron chi connectivity index (χ1n) is 6.46. The molecule has 16 heavy (non-hydrogen) atoms. The van der Waals surface area contributed by atoms with E-state index >= 15 is 0 Å². The Kier molecular flexibility index (Phi) is 3.22. The van der Waals surface area contributed by atoms with Crippen LogP contribution in [-0.2, 0) is 5.41 Å². The van der Waals surface area contributed by atoms with Crippen molar-refractivity contribution in [2.24, 2.45) is 0 Å². The van der Waals surface area contributed by atoms with E-state index in [0.29, 0.717) is 5.41 Å². The van der Waals surface area contributed by atoms with Crippen LogP contribution in [0.4, 0.5) is 5.69 Å². The van der Waals surface area contributed by atoms with Gasteiger partial charge in [0.05, 0.1) is 0 Å². The van der Waals surface area contributed by atoms with Gasteiger partial charge in [0.15, 0.2) is 0 Å². The summed E-state index contributed by atoms with van der Waals surface area (Å²) in [5.41, 5.74) is 3.36. The van der Waals surface area contributed by atoms with Gasteiger partial charge in [-0.25, -0.2) is 0 Å². The van der Waals surface area contributed by atoms with Crippen molar-refractivity contribution in [2.45, 2.75) is 44.4 Å². The molecule has 1 nitrogen and oxygen atoms in total. The lowest BCUT2D eigenvalue weighted by molar-refractivity contribution is 0.425. The van der Waals surface area contributed by atoms with Crippen molar-refractivity contribution in [2.75, 3.05) is 19.0 Å². The molecule has 0 N–H and O–H groups in total. The maximum atomic E-state index is 2.38. The Morgan fingerprint density at radius 3 is 2.44 bits per heavy atom. The summed E-state index contributed by atoms with van der Waals surface area (Å²) in [7, 11) is 4.23. The molecule has 0 atom stereocenters. The summed E-state index contributed by atoms with van der Waals surface area (Å²) in [6, 6.07) is 9.11. The molecule has 1 fully saturated rings. The molecule has 1 heteroatoms. The van der Waals surface area contributed by atoms with Gasteiger partial charge in [-0.2, -0.15) is 0 Å². The van der Waals surface area contributed by atoms with Gasteiger partial charge >= 0.3 is 0 Å². The Bertz CT molecular complexity index is 348. The van der Waals surface area contributed by atoms with Crippen molar-refractivity contribution in [3.8, 4) is 0 Å². The quantitative estimate of drug-likeness (QED) is 0.740. The van der Waals surface area contributed by atoms with Gasteiger partial charge in [-0.1, -0.05) is 31.9 Å². The molecule has 1 saturated carbocycles.